The van der Waals surface area contributed by atoms with Crippen molar-refractivity contribution in [1.82, 2.24) is 9.88 Å². The molecule has 2 nitrogen and oxygen atoms in total. The number of benzene rings is 1. The Morgan fingerprint density at radius 1 is 1.30 bits per heavy atom. The van der Waals surface area contributed by atoms with Gasteiger partial charge in [-0.25, -0.2) is 4.39 Å². The lowest BCUT2D eigenvalue weighted by Gasteiger charge is -2.14. The van der Waals surface area contributed by atoms with Gasteiger partial charge >= 0.3 is 0 Å². The third-order valence-electron chi connectivity index (χ3n) is 3.40. The third kappa shape index (κ3) is 3.62. The van der Waals surface area contributed by atoms with Crippen molar-refractivity contribution in [1.29, 1.82) is 0 Å². The average Bonchev–Trinajstić information content (AvgIpc) is 2.88. The van der Waals surface area contributed by atoms with Crippen molar-refractivity contribution in [3.05, 3.63) is 58.6 Å². The molecular formula is C16H20ClFN2. The first-order valence-corrected chi connectivity index (χ1v) is 7.34. The smallest absolute Gasteiger partial charge is 0.128 e. The maximum atomic E-state index is 13.7. The minimum Gasteiger partial charge on any atom is -0.349 e. The van der Waals surface area contributed by atoms with E-state index in [1.807, 2.05) is 10.8 Å². The number of hydrogen-bond donors (Lipinski definition) is 1. The van der Waals surface area contributed by atoms with E-state index in [1.54, 1.807) is 12.1 Å². The van der Waals surface area contributed by atoms with E-state index < -0.39 is 0 Å². The predicted molar refractivity (Wildman–Crippen MR) is 81.7 cm³/mol. The summed E-state index contributed by atoms with van der Waals surface area (Å²) in [6.07, 6.45) is 5.08. The van der Waals surface area contributed by atoms with E-state index in [0.29, 0.717) is 23.2 Å². The quantitative estimate of drug-likeness (QED) is 0.836. The molecule has 1 aromatic carbocycles. The molecule has 0 spiro atoms. The zero-order chi connectivity index (χ0) is 14.5. The zero-order valence-electron chi connectivity index (χ0n) is 11.9. The Morgan fingerprint density at radius 2 is 2.10 bits per heavy atom. The maximum absolute atomic E-state index is 13.7. The second kappa shape index (κ2) is 6.91. The number of rotatable bonds is 6. The third-order valence-corrected chi connectivity index (χ3v) is 3.63. The van der Waals surface area contributed by atoms with Gasteiger partial charge in [-0.05, 0) is 42.8 Å². The maximum Gasteiger partial charge on any atom is 0.128 e. The second-order valence-electron chi connectivity index (χ2n) is 4.87. The van der Waals surface area contributed by atoms with Crippen LogP contribution in [-0.4, -0.2) is 11.1 Å². The molecule has 108 valence electrons. The van der Waals surface area contributed by atoms with Crippen LogP contribution < -0.4 is 5.32 Å². The van der Waals surface area contributed by atoms with E-state index in [4.69, 9.17) is 11.6 Å². The topological polar surface area (TPSA) is 17.0 Å². The van der Waals surface area contributed by atoms with Gasteiger partial charge in [-0.3, -0.25) is 0 Å². The molecule has 0 amide bonds. The lowest BCUT2D eigenvalue weighted by molar-refractivity contribution is 0.536. The molecule has 20 heavy (non-hydrogen) atoms. The van der Waals surface area contributed by atoms with Crippen LogP contribution in [0.5, 0.6) is 0 Å². The van der Waals surface area contributed by atoms with Crippen molar-refractivity contribution in [2.45, 2.75) is 32.9 Å². The zero-order valence-corrected chi connectivity index (χ0v) is 12.6. The average molecular weight is 295 g/mol. The lowest BCUT2D eigenvalue weighted by Crippen LogP contribution is -2.19. The Balaban J connectivity index is 2.14. The standard InChI is InChI=1S/C16H20ClFN2/c1-3-16(19-4-2)12-7-8-20(10-12)11-13-9-14(17)5-6-15(13)18/h5-10,16,19H,3-4,11H2,1-2H3. The van der Waals surface area contributed by atoms with Gasteiger partial charge in [0.1, 0.15) is 5.82 Å². The first-order valence-electron chi connectivity index (χ1n) is 6.97. The van der Waals surface area contributed by atoms with Crippen LogP contribution in [0.2, 0.25) is 5.02 Å². The highest BCUT2D eigenvalue weighted by Crippen LogP contribution is 2.19. The molecule has 1 N–H and O–H groups in total. The summed E-state index contributed by atoms with van der Waals surface area (Å²) in [4.78, 5) is 0. The number of aromatic nitrogens is 1. The van der Waals surface area contributed by atoms with Gasteiger partial charge < -0.3 is 9.88 Å². The summed E-state index contributed by atoms with van der Waals surface area (Å²) in [6, 6.07) is 7.10. The normalized spacial score (nSPS) is 12.6. The van der Waals surface area contributed by atoms with Gasteiger partial charge in [-0.15, -0.1) is 0 Å². The molecule has 1 aromatic heterocycles. The van der Waals surface area contributed by atoms with Crippen molar-refractivity contribution in [2.75, 3.05) is 6.54 Å². The van der Waals surface area contributed by atoms with E-state index >= 15 is 0 Å². The fourth-order valence-electron chi connectivity index (χ4n) is 2.37. The SMILES string of the molecule is CCNC(CC)c1ccn(Cc2cc(Cl)ccc2F)c1. The molecule has 0 aliphatic carbocycles. The molecule has 1 heterocycles. The molecule has 0 saturated carbocycles. The number of nitrogens with zero attached hydrogens (tertiary/aromatic N) is 1. The molecule has 0 aliphatic heterocycles. The van der Waals surface area contributed by atoms with Gasteiger partial charge in [0.15, 0.2) is 0 Å². The second-order valence-corrected chi connectivity index (χ2v) is 5.31. The molecule has 4 heteroatoms. The van der Waals surface area contributed by atoms with Crippen molar-refractivity contribution >= 4 is 11.6 Å². The molecule has 2 rings (SSSR count). The molecule has 0 fully saturated rings. The highest BCUT2D eigenvalue weighted by Gasteiger charge is 2.10. The summed E-state index contributed by atoms with van der Waals surface area (Å²) in [5.41, 5.74) is 1.84. The summed E-state index contributed by atoms with van der Waals surface area (Å²) < 4.78 is 15.7. The molecular weight excluding hydrogens is 275 g/mol. The molecule has 0 aliphatic rings. The number of nitrogens with one attached hydrogen (secondary N) is 1. The molecule has 0 radical (unpaired) electrons. The van der Waals surface area contributed by atoms with Crippen LogP contribution in [0.1, 0.15) is 37.4 Å². The minimum absolute atomic E-state index is 0.219. The van der Waals surface area contributed by atoms with Crippen LogP contribution in [0.3, 0.4) is 0 Å². The van der Waals surface area contributed by atoms with Crippen LogP contribution in [0.25, 0.3) is 0 Å². The van der Waals surface area contributed by atoms with Crippen LogP contribution in [0.15, 0.2) is 36.7 Å². The van der Waals surface area contributed by atoms with Crippen molar-refractivity contribution in [2.24, 2.45) is 0 Å². The fourth-order valence-corrected chi connectivity index (χ4v) is 2.56. The highest BCUT2D eigenvalue weighted by atomic mass is 35.5. The summed E-state index contributed by atoms with van der Waals surface area (Å²) in [5.74, 6) is -0.219. The fraction of sp³-hybridized carbons (Fsp3) is 0.375. The Bertz CT molecular complexity index is 565. The number of hydrogen-bond acceptors (Lipinski definition) is 1. The molecule has 0 saturated heterocycles. The van der Waals surface area contributed by atoms with Gasteiger partial charge in [-0.1, -0.05) is 25.4 Å². The first kappa shape index (κ1) is 15.1. The van der Waals surface area contributed by atoms with Gasteiger partial charge in [0.05, 0.1) is 0 Å². The summed E-state index contributed by atoms with van der Waals surface area (Å²) in [7, 11) is 0. The van der Waals surface area contributed by atoms with E-state index in [9.17, 15) is 4.39 Å². The minimum atomic E-state index is -0.219. The molecule has 1 atom stereocenters. The highest BCUT2D eigenvalue weighted by molar-refractivity contribution is 6.30. The Morgan fingerprint density at radius 3 is 2.80 bits per heavy atom. The van der Waals surface area contributed by atoms with Crippen molar-refractivity contribution in [3.8, 4) is 0 Å². The largest absolute Gasteiger partial charge is 0.349 e. The van der Waals surface area contributed by atoms with Crippen LogP contribution in [0, 0.1) is 5.82 Å². The summed E-state index contributed by atoms with van der Waals surface area (Å²) >= 11 is 5.92. The van der Waals surface area contributed by atoms with Crippen LogP contribution in [0.4, 0.5) is 4.39 Å². The van der Waals surface area contributed by atoms with Gasteiger partial charge in [0.2, 0.25) is 0 Å². The van der Waals surface area contributed by atoms with Crippen molar-refractivity contribution < 1.29 is 4.39 Å². The molecule has 2 aromatic rings. The number of halogens is 2. The van der Waals surface area contributed by atoms with E-state index in [2.05, 4.69) is 31.4 Å². The predicted octanol–water partition coefficient (Wildman–Crippen LogP) is 4.39. The van der Waals surface area contributed by atoms with Crippen LogP contribution >= 0.6 is 11.6 Å². The first-order chi connectivity index (χ1) is 9.63. The summed E-state index contributed by atoms with van der Waals surface area (Å²) in [5, 5.41) is 4.00. The monoisotopic (exact) mass is 294 g/mol. The van der Waals surface area contributed by atoms with Crippen molar-refractivity contribution in [3.63, 3.8) is 0 Å². The van der Waals surface area contributed by atoms with Crippen LogP contribution in [-0.2, 0) is 6.54 Å². The Labute approximate surface area is 124 Å². The van der Waals surface area contributed by atoms with E-state index in [-0.39, 0.29) is 5.82 Å². The van der Waals surface area contributed by atoms with E-state index in [0.717, 1.165) is 13.0 Å². The molecule has 1 unspecified atom stereocenters. The lowest BCUT2D eigenvalue weighted by atomic mass is 10.1. The van der Waals surface area contributed by atoms with Gasteiger partial charge in [0, 0.05) is 35.6 Å². The summed E-state index contributed by atoms with van der Waals surface area (Å²) in [6.45, 7) is 5.68. The van der Waals surface area contributed by atoms with E-state index in [1.165, 1.54) is 11.6 Å². The van der Waals surface area contributed by atoms with Gasteiger partial charge in [-0.2, -0.15) is 0 Å². The molecule has 0 bridgehead atoms. The van der Waals surface area contributed by atoms with Gasteiger partial charge in [0.25, 0.3) is 0 Å². The Hall–Kier alpha value is -1.32. The Kier molecular flexibility index (Phi) is 5.21.